The number of nitrogens with one attached hydrogen (secondary N) is 1. The largest absolute Gasteiger partial charge is 0.341 e. The van der Waals surface area contributed by atoms with Gasteiger partial charge in [0.1, 0.15) is 0 Å². The van der Waals surface area contributed by atoms with Crippen molar-refractivity contribution in [2.45, 2.75) is 70.9 Å². The van der Waals surface area contributed by atoms with Gasteiger partial charge < -0.3 is 10.2 Å². The number of nitrogens with zero attached hydrogens (tertiary/aromatic N) is 1. The summed E-state index contributed by atoms with van der Waals surface area (Å²) < 4.78 is 0. The molecule has 1 heterocycles. The van der Waals surface area contributed by atoms with E-state index in [1.165, 1.54) is 44.9 Å². The van der Waals surface area contributed by atoms with Crippen LogP contribution in [0.1, 0.15) is 58.8 Å². The lowest BCUT2D eigenvalue weighted by Gasteiger charge is -2.34. The van der Waals surface area contributed by atoms with Crippen LogP contribution in [0, 0.1) is 5.92 Å². The van der Waals surface area contributed by atoms with E-state index in [-0.39, 0.29) is 6.04 Å². The Kier molecular flexibility index (Phi) is 5.04. The quantitative estimate of drug-likeness (QED) is 0.834. The molecule has 0 aromatic rings. The van der Waals surface area contributed by atoms with E-state index in [9.17, 15) is 4.79 Å². The van der Waals surface area contributed by atoms with Crippen molar-refractivity contribution >= 4 is 5.91 Å². The van der Waals surface area contributed by atoms with Crippen LogP contribution in [0.3, 0.4) is 0 Å². The number of likely N-dealkylation sites (tertiary alicyclic amines) is 1. The van der Waals surface area contributed by atoms with Crippen LogP contribution in [0.15, 0.2) is 0 Å². The van der Waals surface area contributed by atoms with Crippen LogP contribution in [0.4, 0.5) is 0 Å². The molecule has 3 nitrogen and oxygen atoms in total. The molecule has 1 atom stereocenters. The molecule has 0 unspecified atom stereocenters. The number of hydrogen-bond acceptors (Lipinski definition) is 2. The minimum Gasteiger partial charge on any atom is -0.341 e. The zero-order valence-corrected chi connectivity index (χ0v) is 12.0. The number of amides is 1. The molecule has 0 radical (unpaired) electrons. The van der Waals surface area contributed by atoms with Crippen molar-refractivity contribution in [3.05, 3.63) is 0 Å². The Balaban J connectivity index is 2.00. The van der Waals surface area contributed by atoms with E-state index >= 15 is 0 Å². The maximum Gasteiger partial charge on any atom is 0.239 e. The van der Waals surface area contributed by atoms with E-state index in [4.69, 9.17) is 0 Å². The molecule has 2 fully saturated rings. The highest BCUT2D eigenvalue weighted by Crippen LogP contribution is 2.28. The highest BCUT2D eigenvalue weighted by atomic mass is 16.2. The second kappa shape index (κ2) is 6.55. The minimum atomic E-state index is 0.0726. The lowest BCUT2D eigenvalue weighted by molar-refractivity contribution is -0.134. The molecule has 18 heavy (non-hydrogen) atoms. The van der Waals surface area contributed by atoms with Gasteiger partial charge in [0.2, 0.25) is 5.91 Å². The van der Waals surface area contributed by atoms with Gasteiger partial charge in [-0.1, -0.05) is 33.1 Å². The Morgan fingerprint density at radius 1 is 1.06 bits per heavy atom. The molecule has 3 heteroatoms. The Hall–Kier alpha value is -0.570. The summed E-state index contributed by atoms with van der Waals surface area (Å²) in [5.41, 5.74) is 0. The van der Waals surface area contributed by atoms with E-state index in [1.54, 1.807) is 0 Å². The maximum atomic E-state index is 12.6. The first-order valence-corrected chi connectivity index (χ1v) is 7.73. The van der Waals surface area contributed by atoms with E-state index in [2.05, 4.69) is 24.1 Å². The topological polar surface area (TPSA) is 32.3 Å². The van der Waals surface area contributed by atoms with Crippen molar-refractivity contribution in [3.63, 3.8) is 0 Å². The molecule has 1 N–H and O–H groups in total. The smallest absolute Gasteiger partial charge is 0.239 e. The molecule has 104 valence electrons. The van der Waals surface area contributed by atoms with Gasteiger partial charge in [-0.2, -0.15) is 0 Å². The number of rotatable bonds is 4. The number of hydrogen-bond donors (Lipinski definition) is 1. The van der Waals surface area contributed by atoms with E-state index in [1.807, 2.05) is 0 Å². The van der Waals surface area contributed by atoms with E-state index in [0.717, 1.165) is 13.1 Å². The van der Waals surface area contributed by atoms with Crippen LogP contribution in [0.25, 0.3) is 0 Å². The summed E-state index contributed by atoms with van der Waals surface area (Å²) in [5.74, 6) is 0.933. The molecule has 0 bridgehead atoms. The lowest BCUT2D eigenvalue weighted by atomic mass is 9.83. The first-order valence-electron chi connectivity index (χ1n) is 7.73. The van der Waals surface area contributed by atoms with Crippen molar-refractivity contribution in [3.8, 4) is 0 Å². The van der Waals surface area contributed by atoms with Gasteiger partial charge in [-0.3, -0.25) is 4.79 Å². The van der Waals surface area contributed by atoms with Gasteiger partial charge in [0, 0.05) is 19.1 Å². The summed E-state index contributed by atoms with van der Waals surface area (Å²) in [6, 6.07) is 0.465. The molecule has 1 aliphatic heterocycles. The van der Waals surface area contributed by atoms with E-state index in [0.29, 0.717) is 17.9 Å². The highest BCUT2D eigenvalue weighted by molar-refractivity contribution is 5.82. The molecular formula is C15H28N2O. The number of carbonyl (C=O) groups excluding carboxylic acids is 1. The third-order valence-electron chi connectivity index (χ3n) is 4.32. The van der Waals surface area contributed by atoms with Crippen LogP contribution in [0.2, 0.25) is 0 Å². The van der Waals surface area contributed by atoms with Gasteiger partial charge in [-0.25, -0.2) is 0 Å². The Labute approximate surface area is 111 Å². The summed E-state index contributed by atoms with van der Waals surface area (Å²) in [6.45, 7) is 6.24. The van der Waals surface area contributed by atoms with Gasteiger partial charge in [-0.15, -0.1) is 0 Å². The molecule has 0 aromatic carbocycles. The molecule has 1 amide bonds. The molecule has 1 saturated carbocycles. The lowest BCUT2D eigenvalue weighted by Crippen LogP contribution is -2.52. The molecular weight excluding hydrogens is 224 g/mol. The minimum absolute atomic E-state index is 0.0726. The van der Waals surface area contributed by atoms with Gasteiger partial charge >= 0.3 is 0 Å². The molecule has 2 rings (SSSR count). The standard InChI is InChI=1S/C15H28N2O/c1-12(2)16-14(13-8-4-3-5-9-13)15(18)17-10-6-7-11-17/h12-14,16H,3-11H2,1-2H3/t14-/m0/s1. The number of carbonyl (C=O) groups is 1. The monoisotopic (exact) mass is 252 g/mol. The van der Waals surface area contributed by atoms with Crippen molar-refractivity contribution < 1.29 is 4.79 Å². The van der Waals surface area contributed by atoms with Crippen molar-refractivity contribution in [1.29, 1.82) is 0 Å². The third kappa shape index (κ3) is 3.47. The summed E-state index contributed by atoms with van der Waals surface area (Å²) in [5, 5.41) is 3.54. The first-order chi connectivity index (χ1) is 8.68. The molecule has 0 aromatic heterocycles. The normalized spacial score (nSPS) is 23.6. The van der Waals surface area contributed by atoms with Gasteiger partial charge in [-0.05, 0) is 31.6 Å². The molecule has 1 saturated heterocycles. The van der Waals surface area contributed by atoms with Gasteiger partial charge in [0.25, 0.3) is 0 Å². The zero-order chi connectivity index (χ0) is 13.0. The first kappa shape index (κ1) is 13.9. The van der Waals surface area contributed by atoms with Crippen molar-refractivity contribution in [2.75, 3.05) is 13.1 Å². The third-order valence-corrected chi connectivity index (χ3v) is 4.32. The fourth-order valence-electron chi connectivity index (χ4n) is 3.37. The average molecular weight is 252 g/mol. The van der Waals surface area contributed by atoms with Gasteiger partial charge in [0.05, 0.1) is 6.04 Å². The van der Waals surface area contributed by atoms with Crippen LogP contribution in [-0.4, -0.2) is 36.0 Å². The second-order valence-corrected chi connectivity index (χ2v) is 6.23. The second-order valence-electron chi connectivity index (χ2n) is 6.23. The molecule has 0 spiro atoms. The highest BCUT2D eigenvalue weighted by Gasteiger charge is 2.33. The maximum absolute atomic E-state index is 12.6. The van der Waals surface area contributed by atoms with Crippen molar-refractivity contribution in [2.24, 2.45) is 5.92 Å². The summed E-state index contributed by atoms with van der Waals surface area (Å²) in [7, 11) is 0. The Bertz CT molecular complexity index is 266. The van der Waals surface area contributed by atoms with Crippen LogP contribution in [0.5, 0.6) is 0 Å². The Morgan fingerprint density at radius 2 is 1.67 bits per heavy atom. The molecule has 2 aliphatic rings. The van der Waals surface area contributed by atoms with E-state index < -0.39 is 0 Å². The fourth-order valence-corrected chi connectivity index (χ4v) is 3.37. The van der Waals surface area contributed by atoms with Crippen LogP contribution in [-0.2, 0) is 4.79 Å². The predicted molar refractivity (Wildman–Crippen MR) is 74.4 cm³/mol. The van der Waals surface area contributed by atoms with Crippen LogP contribution >= 0.6 is 0 Å². The fraction of sp³-hybridized carbons (Fsp3) is 0.933. The zero-order valence-electron chi connectivity index (χ0n) is 12.0. The summed E-state index contributed by atoms with van der Waals surface area (Å²) in [6.07, 6.45) is 8.77. The van der Waals surface area contributed by atoms with Crippen LogP contribution < -0.4 is 5.32 Å². The Morgan fingerprint density at radius 3 is 2.22 bits per heavy atom. The summed E-state index contributed by atoms with van der Waals surface area (Å²) >= 11 is 0. The molecule has 1 aliphatic carbocycles. The van der Waals surface area contributed by atoms with Gasteiger partial charge in [0.15, 0.2) is 0 Å². The average Bonchev–Trinajstić information content (AvgIpc) is 2.90. The predicted octanol–water partition coefficient (Wildman–Crippen LogP) is 2.56. The SMILES string of the molecule is CC(C)N[C@H](C(=O)N1CCCC1)C1CCCCC1. The summed E-state index contributed by atoms with van der Waals surface area (Å²) in [4.78, 5) is 14.7. The van der Waals surface area contributed by atoms with Crippen molar-refractivity contribution in [1.82, 2.24) is 10.2 Å².